The smallest absolute Gasteiger partial charge is 0.485 e. The fourth-order valence-electron chi connectivity index (χ4n) is 2.61. The van der Waals surface area contributed by atoms with Gasteiger partial charge in [0.2, 0.25) is 0 Å². The Bertz CT molecular complexity index is 894. The van der Waals surface area contributed by atoms with Crippen molar-refractivity contribution in [2.24, 2.45) is 0 Å². The predicted octanol–water partition coefficient (Wildman–Crippen LogP) is 3.83. The molecule has 0 amide bonds. The van der Waals surface area contributed by atoms with Crippen LogP contribution in [-0.2, 0) is 21.0 Å². The largest absolute Gasteiger partial charge is 0.741 e. The molecule has 1 aliphatic heterocycles. The average molecular weight is 406 g/mol. The van der Waals surface area contributed by atoms with Crippen molar-refractivity contribution >= 4 is 36.9 Å². The zero-order chi connectivity index (χ0) is 19.5. The number of halogens is 3. The molecular weight excluding hydrogens is 389 g/mol. The zero-order valence-electron chi connectivity index (χ0n) is 13.8. The number of hydrogen-bond donors (Lipinski definition) is 0. The van der Waals surface area contributed by atoms with Gasteiger partial charge in [0, 0.05) is 0 Å². The molecule has 142 valence electrons. The van der Waals surface area contributed by atoms with Crippen molar-refractivity contribution in [1.29, 1.82) is 0 Å². The molecule has 0 saturated carbocycles. The highest BCUT2D eigenvalue weighted by Gasteiger charge is 2.40. The van der Waals surface area contributed by atoms with E-state index < -0.39 is 15.6 Å². The molecule has 0 N–H and O–H groups in total. The van der Waals surface area contributed by atoms with Crippen LogP contribution in [0.25, 0.3) is 10.8 Å². The van der Waals surface area contributed by atoms with Gasteiger partial charge in [0.15, 0.2) is 10.1 Å². The minimum atomic E-state index is -6.09. The van der Waals surface area contributed by atoms with Crippen molar-refractivity contribution < 1.29 is 30.9 Å². The Morgan fingerprint density at radius 2 is 1.73 bits per heavy atom. The van der Waals surface area contributed by atoms with Gasteiger partial charge < -0.3 is 4.55 Å². The van der Waals surface area contributed by atoms with E-state index >= 15 is 0 Å². The number of carbonyl (C=O) groups excluding carboxylic acids is 1. The van der Waals surface area contributed by atoms with Crippen LogP contribution in [0, 0.1) is 0 Å². The molecule has 0 bridgehead atoms. The maximum absolute atomic E-state index is 12.5. The Morgan fingerprint density at radius 3 is 2.23 bits per heavy atom. The summed E-state index contributed by atoms with van der Waals surface area (Å²) in [7, 11) is -6.14. The van der Waals surface area contributed by atoms with Crippen molar-refractivity contribution in [2.45, 2.75) is 30.5 Å². The second-order valence-corrected chi connectivity index (χ2v) is 9.65. The lowest BCUT2D eigenvalue weighted by atomic mass is 10.1. The number of rotatable bonds is 1. The fourth-order valence-corrected chi connectivity index (χ4v) is 4.92. The van der Waals surface area contributed by atoms with E-state index in [0.717, 1.165) is 11.3 Å². The van der Waals surface area contributed by atoms with Crippen LogP contribution in [0.2, 0.25) is 0 Å². The van der Waals surface area contributed by atoms with Crippen LogP contribution in [0.15, 0.2) is 42.5 Å². The summed E-state index contributed by atoms with van der Waals surface area (Å²) in [6, 6.07) is 14.3. The Morgan fingerprint density at radius 1 is 1.15 bits per heavy atom. The number of fused-ring (bicyclic) bond motifs is 1. The summed E-state index contributed by atoms with van der Waals surface area (Å²) in [6.07, 6.45) is 2.42. The lowest BCUT2D eigenvalue weighted by molar-refractivity contribution is -0.0517. The highest BCUT2D eigenvalue weighted by molar-refractivity contribution is 8.12. The summed E-state index contributed by atoms with van der Waals surface area (Å²) in [5.41, 5.74) is -4.75. The minimum absolute atomic E-state index is 0.0496. The lowest BCUT2D eigenvalue weighted by Crippen LogP contribution is -2.23. The molecule has 2 atom stereocenters. The van der Waals surface area contributed by atoms with Crippen LogP contribution in [0.5, 0.6) is 0 Å². The van der Waals surface area contributed by atoms with Crippen molar-refractivity contribution in [2.75, 3.05) is 5.75 Å². The second-order valence-electron chi connectivity index (χ2n) is 5.84. The van der Waals surface area contributed by atoms with Gasteiger partial charge in [-0.05, 0) is 42.7 Å². The standard InChI is InChI=1S/C16H17OS.CHF3O3S/c1-12-5-4-10-18(12)16(17)15-9-8-13-6-2-3-7-14(13)11-15;2-1(3,4)8(5,6)7/h2-3,6-9,11-12H,4-5,10H2,1H3;(H,5,6,7)/q+1;/p-1. The van der Waals surface area contributed by atoms with E-state index in [1.807, 2.05) is 18.2 Å². The van der Waals surface area contributed by atoms with Gasteiger partial charge in [0.05, 0.1) is 16.5 Å². The summed E-state index contributed by atoms with van der Waals surface area (Å²) >= 11 is 0. The summed E-state index contributed by atoms with van der Waals surface area (Å²) in [6.45, 7) is 2.22. The first kappa shape index (κ1) is 20.7. The molecule has 1 fully saturated rings. The molecule has 2 aromatic carbocycles. The van der Waals surface area contributed by atoms with E-state index in [2.05, 4.69) is 31.2 Å². The van der Waals surface area contributed by atoms with Gasteiger partial charge in [-0.2, -0.15) is 13.2 Å². The maximum atomic E-state index is 12.5. The zero-order valence-corrected chi connectivity index (χ0v) is 15.5. The molecule has 3 rings (SSSR count). The van der Waals surface area contributed by atoms with Crippen molar-refractivity contribution in [3.8, 4) is 0 Å². The minimum Gasteiger partial charge on any atom is -0.741 e. The summed E-state index contributed by atoms with van der Waals surface area (Å²) < 4.78 is 58.9. The van der Waals surface area contributed by atoms with Gasteiger partial charge in [0.1, 0.15) is 11.0 Å². The van der Waals surface area contributed by atoms with E-state index in [-0.39, 0.29) is 10.9 Å². The third kappa shape index (κ3) is 4.99. The number of benzene rings is 2. The van der Waals surface area contributed by atoms with Gasteiger partial charge >= 0.3 is 10.6 Å². The molecule has 0 spiro atoms. The number of hydrogen-bond acceptors (Lipinski definition) is 4. The Balaban J connectivity index is 0.000000260. The normalized spacial score (nSPS) is 20.5. The third-order valence-corrected chi connectivity index (χ3v) is 7.18. The van der Waals surface area contributed by atoms with Gasteiger partial charge in [-0.3, -0.25) is 0 Å². The van der Waals surface area contributed by atoms with Crippen LogP contribution in [0.3, 0.4) is 0 Å². The number of alkyl halides is 3. The van der Waals surface area contributed by atoms with E-state index in [1.54, 1.807) is 0 Å². The van der Waals surface area contributed by atoms with E-state index in [4.69, 9.17) is 13.0 Å². The fraction of sp³-hybridized carbons (Fsp3) is 0.353. The van der Waals surface area contributed by atoms with E-state index in [9.17, 15) is 18.0 Å². The monoisotopic (exact) mass is 406 g/mol. The summed E-state index contributed by atoms with van der Waals surface area (Å²) in [5.74, 6) is 1.09. The van der Waals surface area contributed by atoms with Gasteiger partial charge in [-0.1, -0.05) is 30.3 Å². The quantitative estimate of drug-likeness (QED) is 0.410. The Kier molecular flexibility index (Phi) is 6.36. The topological polar surface area (TPSA) is 74.3 Å². The molecule has 2 aromatic rings. The second kappa shape index (κ2) is 7.98. The van der Waals surface area contributed by atoms with Gasteiger partial charge in [-0.15, -0.1) is 0 Å². The molecular formula is C17H17F3O4S2. The van der Waals surface area contributed by atoms with Gasteiger partial charge in [-0.25, -0.2) is 13.2 Å². The van der Waals surface area contributed by atoms with Crippen LogP contribution >= 0.6 is 0 Å². The molecule has 0 aliphatic carbocycles. The molecule has 0 radical (unpaired) electrons. The molecule has 1 saturated heterocycles. The van der Waals surface area contributed by atoms with Crippen molar-refractivity contribution in [3.05, 3.63) is 48.0 Å². The van der Waals surface area contributed by atoms with Crippen LogP contribution in [0.4, 0.5) is 13.2 Å². The van der Waals surface area contributed by atoms with Crippen molar-refractivity contribution in [3.63, 3.8) is 0 Å². The molecule has 9 heteroatoms. The SMILES string of the molecule is CC1CCC[S+]1C(=O)c1ccc2ccccc2c1.O=S(=O)([O-])C(F)(F)F. The van der Waals surface area contributed by atoms with Crippen LogP contribution in [-0.4, -0.2) is 34.6 Å². The summed E-state index contributed by atoms with van der Waals surface area (Å²) in [4.78, 5) is 12.5. The molecule has 2 unspecified atom stereocenters. The Labute approximate surface area is 152 Å². The highest BCUT2D eigenvalue weighted by atomic mass is 32.2. The number of carbonyl (C=O) groups is 1. The van der Waals surface area contributed by atoms with Crippen LogP contribution in [0.1, 0.15) is 30.1 Å². The van der Waals surface area contributed by atoms with E-state index in [1.165, 1.54) is 23.6 Å². The first-order valence-electron chi connectivity index (χ1n) is 7.75. The molecule has 26 heavy (non-hydrogen) atoms. The lowest BCUT2D eigenvalue weighted by Gasteiger charge is -2.08. The Hall–Kier alpha value is -1.58. The predicted molar refractivity (Wildman–Crippen MR) is 95.0 cm³/mol. The van der Waals surface area contributed by atoms with Gasteiger partial charge in [0.25, 0.3) is 0 Å². The third-order valence-electron chi connectivity index (χ3n) is 3.97. The van der Waals surface area contributed by atoms with Crippen LogP contribution < -0.4 is 0 Å². The molecule has 1 heterocycles. The highest BCUT2D eigenvalue weighted by Crippen LogP contribution is 2.27. The first-order valence-corrected chi connectivity index (χ1v) is 10.6. The molecule has 0 aromatic heterocycles. The first-order chi connectivity index (χ1) is 12.0. The van der Waals surface area contributed by atoms with Crippen molar-refractivity contribution in [1.82, 2.24) is 0 Å². The molecule has 1 aliphatic rings. The maximum Gasteiger partial charge on any atom is 0.485 e. The van der Waals surface area contributed by atoms with E-state index in [0.29, 0.717) is 10.4 Å². The molecule has 4 nitrogen and oxygen atoms in total. The summed E-state index contributed by atoms with van der Waals surface area (Å²) in [5, 5.41) is 3.31. The average Bonchev–Trinajstić information content (AvgIpc) is 2.98.